The van der Waals surface area contributed by atoms with Crippen LogP contribution in [0.2, 0.25) is 0 Å². The first-order chi connectivity index (χ1) is 8.06. The van der Waals surface area contributed by atoms with Crippen LogP contribution >= 0.6 is 9.39 Å². The maximum atomic E-state index is 12.1. The summed E-state index contributed by atoms with van der Waals surface area (Å²) in [6.45, 7) is 4.28. The van der Waals surface area contributed by atoms with Gasteiger partial charge < -0.3 is 4.67 Å². The van der Waals surface area contributed by atoms with E-state index < -0.39 is 16.9 Å². The lowest BCUT2D eigenvalue weighted by molar-refractivity contribution is -0.130. The van der Waals surface area contributed by atoms with Gasteiger partial charge in [0.1, 0.15) is 6.04 Å². The zero-order valence-corrected chi connectivity index (χ0v) is 11.5. The van der Waals surface area contributed by atoms with Crippen molar-refractivity contribution in [3.05, 3.63) is 12.7 Å². The molecule has 2 heterocycles. The van der Waals surface area contributed by atoms with Crippen molar-refractivity contribution >= 4 is 26.2 Å². The Morgan fingerprint density at radius 2 is 2.12 bits per heavy atom. The van der Waals surface area contributed by atoms with Gasteiger partial charge in [-0.3, -0.25) is 4.79 Å². The van der Waals surface area contributed by atoms with Gasteiger partial charge in [0, 0.05) is 18.5 Å². The topological polar surface area (TPSA) is 57.7 Å². The molecule has 0 aromatic carbocycles. The number of carbonyl (C=O) groups is 1. The van der Waals surface area contributed by atoms with E-state index >= 15 is 0 Å². The lowest BCUT2D eigenvalue weighted by Crippen LogP contribution is -2.50. The van der Waals surface area contributed by atoms with Gasteiger partial charge in [0.15, 0.2) is 0 Å². The van der Waals surface area contributed by atoms with E-state index in [4.69, 9.17) is 0 Å². The number of fused-ring (bicyclic) bond motifs is 2. The number of rotatable bonds is 2. The molecule has 5 nitrogen and oxygen atoms in total. The minimum Gasteiger partial charge on any atom is -0.325 e. The highest BCUT2D eigenvalue weighted by Crippen LogP contribution is 2.34. The van der Waals surface area contributed by atoms with Crippen molar-refractivity contribution in [1.29, 1.82) is 0 Å². The highest BCUT2D eigenvalue weighted by molar-refractivity contribution is 7.70. The highest BCUT2D eigenvalue weighted by Gasteiger charge is 2.44. The fraction of sp³-hybridized carbons (Fsp3) is 0.700. The van der Waals surface area contributed by atoms with Crippen LogP contribution in [0, 0.1) is 5.92 Å². The summed E-state index contributed by atoms with van der Waals surface area (Å²) in [4.78, 5) is 12.1. The molecule has 2 aliphatic heterocycles. The molecular formula is C10H17N2O3PS. The molecule has 0 radical (unpaired) electrons. The van der Waals surface area contributed by atoms with E-state index in [9.17, 15) is 13.2 Å². The molecule has 0 spiro atoms. The van der Waals surface area contributed by atoms with Crippen LogP contribution in [0.3, 0.4) is 0 Å². The van der Waals surface area contributed by atoms with E-state index in [1.54, 1.807) is 10.7 Å². The van der Waals surface area contributed by atoms with Crippen LogP contribution in [-0.4, -0.2) is 41.9 Å². The highest BCUT2D eigenvalue weighted by atomic mass is 32.2. The summed E-state index contributed by atoms with van der Waals surface area (Å²) >= 11 is 0. The number of hydrogen-bond acceptors (Lipinski definition) is 3. The van der Waals surface area contributed by atoms with Crippen LogP contribution in [0.1, 0.15) is 19.3 Å². The summed E-state index contributed by atoms with van der Waals surface area (Å²) in [6, 6.07) is -0.626. The number of carbonyl (C=O) groups excluding carboxylic acids is 1. The molecule has 17 heavy (non-hydrogen) atoms. The second-order valence-electron chi connectivity index (χ2n) is 4.52. The van der Waals surface area contributed by atoms with Gasteiger partial charge in [-0.15, -0.1) is 6.58 Å². The van der Waals surface area contributed by atoms with Crippen molar-refractivity contribution < 1.29 is 13.2 Å². The minimum atomic E-state index is -2.72. The third kappa shape index (κ3) is 2.26. The van der Waals surface area contributed by atoms with Crippen molar-refractivity contribution in [2.45, 2.75) is 31.3 Å². The average Bonchev–Trinajstić information content (AvgIpc) is 2.38. The van der Waals surface area contributed by atoms with E-state index in [1.807, 2.05) is 0 Å². The normalized spacial score (nSPS) is 34.8. The summed E-state index contributed by atoms with van der Waals surface area (Å²) in [5.41, 5.74) is 0. The second-order valence-corrected chi connectivity index (χ2v) is 6.08. The Morgan fingerprint density at radius 3 is 2.71 bits per heavy atom. The van der Waals surface area contributed by atoms with Crippen molar-refractivity contribution in [3.8, 4) is 0 Å². The molecule has 7 heteroatoms. The molecule has 0 aromatic heterocycles. The zero-order chi connectivity index (χ0) is 12.6. The van der Waals surface area contributed by atoms with E-state index in [0.29, 0.717) is 13.0 Å². The molecule has 0 N–H and O–H groups in total. The van der Waals surface area contributed by atoms with Crippen LogP contribution in [0.15, 0.2) is 12.7 Å². The maximum Gasteiger partial charge on any atom is 0.243 e. The van der Waals surface area contributed by atoms with Crippen LogP contribution in [0.25, 0.3) is 0 Å². The van der Waals surface area contributed by atoms with E-state index in [-0.39, 0.29) is 17.9 Å². The Bertz CT molecular complexity index is 404. The molecule has 2 rings (SSSR count). The maximum absolute atomic E-state index is 12.1. The Labute approximate surface area is 105 Å². The average molecular weight is 276 g/mol. The number of nitrogens with zero attached hydrogens (tertiary/aromatic N) is 2. The second kappa shape index (κ2) is 5.04. The van der Waals surface area contributed by atoms with Crippen LogP contribution in [-0.2, 0) is 15.7 Å². The fourth-order valence-corrected chi connectivity index (χ4v) is 4.15. The van der Waals surface area contributed by atoms with Crippen LogP contribution in [0.5, 0.6) is 0 Å². The molecule has 2 fully saturated rings. The molecule has 0 saturated carbocycles. The minimum absolute atomic E-state index is 0.00894. The molecular weight excluding hydrogens is 259 g/mol. The van der Waals surface area contributed by atoms with Gasteiger partial charge >= 0.3 is 0 Å². The predicted molar refractivity (Wildman–Crippen MR) is 68.7 cm³/mol. The van der Waals surface area contributed by atoms with E-state index in [1.165, 1.54) is 4.31 Å². The van der Waals surface area contributed by atoms with E-state index in [2.05, 4.69) is 16.0 Å². The number of thiol groups is 1. The Balaban J connectivity index is 2.43. The molecule has 2 bridgehead atoms. The third-order valence-electron chi connectivity index (χ3n) is 3.60. The molecule has 4 unspecified atom stereocenters. The molecule has 0 aromatic rings. The Hall–Kier alpha value is -0.450. The smallest absolute Gasteiger partial charge is 0.243 e. The molecule has 2 saturated heterocycles. The molecule has 1 amide bonds. The van der Waals surface area contributed by atoms with Gasteiger partial charge in [-0.25, -0.2) is 8.42 Å². The summed E-state index contributed by atoms with van der Waals surface area (Å²) < 4.78 is 25.7. The molecule has 2 aliphatic rings. The first kappa shape index (κ1) is 13.0. The van der Waals surface area contributed by atoms with Crippen LogP contribution < -0.4 is 0 Å². The van der Waals surface area contributed by atoms with Crippen molar-refractivity contribution in [1.82, 2.24) is 8.98 Å². The first-order valence-electron chi connectivity index (χ1n) is 5.67. The number of amides is 1. The molecule has 96 valence electrons. The van der Waals surface area contributed by atoms with Gasteiger partial charge in [-0.2, -0.15) is 4.31 Å². The van der Waals surface area contributed by atoms with Gasteiger partial charge in [-0.05, 0) is 28.7 Å². The molecule has 0 aliphatic carbocycles. The standard InChI is InChI=1S/C10H17N2O3PS/c1-2-7-6-11(16)10(13)9-5-3-4-8(7)12(9)17(14)15/h2,7-9,17H,1,3-6,16H2. The summed E-state index contributed by atoms with van der Waals surface area (Å²) in [5.74, 6) is -0.113. The molecule has 4 atom stereocenters. The largest absolute Gasteiger partial charge is 0.325 e. The number of hydrogen-bond donors (Lipinski definition) is 1. The van der Waals surface area contributed by atoms with Crippen molar-refractivity contribution in [3.63, 3.8) is 0 Å². The van der Waals surface area contributed by atoms with Gasteiger partial charge in [0.05, 0.1) is 0 Å². The zero-order valence-electron chi connectivity index (χ0n) is 9.49. The van der Waals surface area contributed by atoms with Gasteiger partial charge in [0.2, 0.25) is 16.8 Å². The third-order valence-corrected chi connectivity index (χ3v) is 5.02. The van der Waals surface area contributed by atoms with Crippen molar-refractivity contribution in [2.24, 2.45) is 5.92 Å². The Morgan fingerprint density at radius 1 is 1.41 bits per heavy atom. The lowest BCUT2D eigenvalue weighted by Gasteiger charge is -2.36. The quantitative estimate of drug-likeness (QED) is 0.444. The monoisotopic (exact) mass is 276 g/mol. The van der Waals surface area contributed by atoms with Crippen LogP contribution in [0.4, 0.5) is 0 Å². The number of piperidine rings is 1. The lowest BCUT2D eigenvalue weighted by atomic mass is 9.90. The van der Waals surface area contributed by atoms with Gasteiger partial charge in [-0.1, -0.05) is 6.08 Å². The van der Waals surface area contributed by atoms with Gasteiger partial charge in [0.25, 0.3) is 0 Å². The SMILES string of the molecule is C=CC1CN(P)C(=O)C2CCCC1N2[SH](=O)=O. The first-order valence-corrected chi connectivity index (χ1v) is 7.32. The summed E-state index contributed by atoms with van der Waals surface area (Å²) in [6.07, 6.45) is 4.08. The Kier molecular flexibility index (Phi) is 3.85. The van der Waals surface area contributed by atoms with E-state index in [0.717, 1.165) is 12.8 Å². The predicted octanol–water partition coefficient (Wildman–Crippen LogP) is 0.170. The summed E-state index contributed by atoms with van der Waals surface area (Å²) in [7, 11) is -0.329. The van der Waals surface area contributed by atoms with Crippen molar-refractivity contribution in [2.75, 3.05) is 6.54 Å². The summed E-state index contributed by atoms with van der Waals surface area (Å²) in [5, 5.41) is 0. The fourth-order valence-electron chi connectivity index (χ4n) is 2.76.